The zero-order valence-corrected chi connectivity index (χ0v) is 14.0. The Hall–Kier alpha value is -3.75. The fourth-order valence-corrected chi connectivity index (χ4v) is 2.63. The SMILES string of the molecule is CN(CC(=O)Nc1ccn(-c2ccccc2)n1)c1ncnc2nc[nH]c12. The van der Waals surface area contributed by atoms with Crippen LogP contribution < -0.4 is 10.2 Å². The van der Waals surface area contributed by atoms with E-state index in [1.807, 2.05) is 30.3 Å². The molecule has 0 unspecified atom stereocenters. The van der Waals surface area contributed by atoms with Crippen LogP contribution in [0.2, 0.25) is 0 Å². The van der Waals surface area contributed by atoms with Crippen molar-refractivity contribution < 1.29 is 4.79 Å². The Morgan fingerprint density at radius 2 is 2.04 bits per heavy atom. The summed E-state index contributed by atoms with van der Waals surface area (Å²) < 4.78 is 1.71. The molecule has 9 nitrogen and oxygen atoms in total. The smallest absolute Gasteiger partial charge is 0.245 e. The van der Waals surface area contributed by atoms with E-state index in [4.69, 9.17) is 0 Å². The Morgan fingerprint density at radius 3 is 2.88 bits per heavy atom. The van der Waals surface area contributed by atoms with Gasteiger partial charge in [0.15, 0.2) is 17.3 Å². The van der Waals surface area contributed by atoms with Gasteiger partial charge < -0.3 is 15.2 Å². The molecule has 26 heavy (non-hydrogen) atoms. The second-order valence-electron chi connectivity index (χ2n) is 5.68. The van der Waals surface area contributed by atoms with Gasteiger partial charge in [-0.3, -0.25) is 4.79 Å². The quantitative estimate of drug-likeness (QED) is 0.568. The van der Waals surface area contributed by atoms with Crippen molar-refractivity contribution in [3.63, 3.8) is 0 Å². The van der Waals surface area contributed by atoms with E-state index in [1.54, 1.807) is 35.2 Å². The summed E-state index contributed by atoms with van der Waals surface area (Å²) in [5.41, 5.74) is 2.17. The van der Waals surface area contributed by atoms with Crippen LogP contribution in [0, 0.1) is 0 Å². The van der Waals surface area contributed by atoms with Gasteiger partial charge in [-0.05, 0) is 12.1 Å². The number of nitrogens with one attached hydrogen (secondary N) is 2. The van der Waals surface area contributed by atoms with Crippen LogP contribution in [0.1, 0.15) is 0 Å². The third kappa shape index (κ3) is 3.09. The monoisotopic (exact) mass is 348 g/mol. The fourth-order valence-electron chi connectivity index (χ4n) is 2.63. The molecule has 0 fully saturated rings. The Balaban J connectivity index is 1.44. The highest BCUT2D eigenvalue weighted by molar-refractivity contribution is 5.94. The van der Waals surface area contributed by atoms with Crippen LogP contribution in [0.3, 0.4) is 0 Å². The van der Waals surface area contributed by atoms with Gasteiger partial charge in [0, 0.05) is 19.3 Å². The molecule has 1 aromatic carbocycles. The Kier molecular flexibility index (Phi) is 4.02. The molecule has 0 aliphatic carbocycles. The molecule has 3 heterocycles. The lowest BCUT2D eigenvalue weighted by atomic mass is 10.3. The fraction of sp³-hybridized carbons (Fsp3) is 0.118. The zero-order valence-electron chi connectivity index (χ0n) is 14.0. The topological polar surface area (TPSA) is 105 Å². The molecular weight excluding hydrogens is 332 g/mol. The van der Waals surface area contributed by atoms with Crippen molar-refractivity contribution in [2.45, 2.75) is 0 Å². The van der Waals surface area contributed by atoms with E-state index in [0.717, 1.165) is 5.69 Å². The van der Waals surface area contributed by atoms with Crippen molar-refractivity contribution in [1.29, 1.82) is 0 Å². The van der Waals surface area contributed by atoms with Crippen LogP contribution in [0.4, 0.5) is 11.6 Å². The molecule has 0 saturated heterocycles. The van der Waals surface area contributed by atoms with E-state index in [9.17, 15) is 4.79 Å². The van der Waals surface area contributed by atoms with Crippen molar-refractivity contribution in [3.8, 4) is 5.69 Å². The average molecular weight is 348 g/mol. The molecule has 0 bridgehead atoms. The Morgan fingerprint density at radius 1 is 1.19 bits per heavy atom. The predicted molar refractivity (Wildman–Crippen MR) is 97.1 cm³/mol. The number of benzene rings is 1. The number of likely N-dealkylation sites (N-methyl/N-ethyl adjacent to an activating group) is 1. The molecule has 0 atom stereocenters. The summed E-state index contributed by atoms with van der Waals surface area (Å²) in [7, 11) is 1.78. The van der Waals surface area contributed by atoms with Crippen molar-refractivity contribution in [3.05, 3.63) is 55.2 Å². The van der Waals surface area contributed by atoms with Crippen molar-refractivity contribution in [2.75, 3.05) is 23.8 Å². The van der Waals surface area contributed by atoms with Crippen LogP contribution in [-0.2, 0) is 4.79 Å². The van der Waals surface area contributed by atoms with Gasteiger partial charge >= 0.3 is 0 Å². The number of aromatic nitrogens is 6. The molecular formula is C17H16N8O. The van der Waals surface area contributed by atoms with Crippen LogP contribution in [0.15, 0.2) is 55.2 Å². The Bertz CT molecular complexity index is 1040. The van der Waals surface area contributed by atoms with E-state index in [2.05, 4.69) is 30.4 Å². The van der Waals surface area contributed by atoms with Crippen LogP contribution in [0.25, 0.3) is 16.9 Å². The van der Waals surface area contributed by atoms with Gasteiger partial charge in [-0.25, -0.2) is 19.6 Å². The molecule has 3 aromatic heterocycles. The molecule has 9 heteroatoms. The maximum atomic E-state index is 12.3. The number of H-pyrrole nitrogens is 1. The van der Waals surface area contributed by atoms with Crippen molar-refractivity contribution >= 4 is 28.7 Å². The number of carbonyl (C=O) groups excluding carboxylic acids is 1. The second-order valence-corrected chi connectivity index (χ2v) is 5.68. The molecule has 130 valence electrons. The lowest BCUT2D eigenvalue weighted by Gasteiger charge is -2.17. The lowest BCUT2D eigenvalue weighted by molar-refractivity contribution is -0.114. The maximum absolute atomic E-state index is 12.3. The third-order valence-electron chi connectivity index (χ3n) is 3.82. The first-order chi connectivity index (χ1) is 12.7. The number of aromatic amines is 1. The molecule has 2 N–H and O–H groups in total. The van der Waals surface area contributed by atoms with Crippen LogP contribution in [0.5, 0.6) is 0 Å². The highest BCUT2D eigenvalue weighted by Gasteiger charge is 2.14. The van der Waals surface area contributed by atoms with Gasteiger partial charge in [0.05, 0.1) is 18.6 Å². The minimum absolute atomic E-state index is 0.114. The van der Waals surface area contributed by atoms with Gasteiger partial charge in [0.1, 0.15) is 11.8 Å². The number of imidazole rings is 1. The number of carbonyl (C=O) groups is 1. The normalized spacial score (nSPS) is 10.8. The highest BCUT2D eigenvalue weighted by atomic mass is 16.2. The summed E-state index contributed by atoms with van der Waals surface area (Å²) in [5.74, 6) is 0.899. The predicted octanol–water partition coefficient (Wildman–Crippen LogP) is 1.61. The summed E-state index contributed by atoms with van der Waals surface area (Å²) >= 11 is 0. The standard InChI is InChI=1S/C17H16N8O/c1-24(17-15-16(19-10-18-15)20-11-21-17)9-14(26)22-13-7-8-25(23-13)12-5-3-2-4-6-12/h2-8,10-11H,9H2,1H3,(H,22,23,26)(H,18,19,20,21). The summed E-state index contributed by atoms with van der Waals surface area (Å²) in [5, 5.41) is 7.16. The summed E-state index contributed by atoms with van der Waals surface area (Å²) in [6, 6.07) is 11.4. The van der Waals surface area contributed by atoms with Gasteiger partial charge in [-0.1, -0.05) is 18.2 Å². The molecule has 0 aliphatic heterocycles. The number of hydrogen-bond acceptors (Lipinski definition) is 6. The molecule has 0 saturated carbocycles. The first kappa shape index (κ1) is 15.8. The first-order valence-corrected chi connectivity index (χ1v) is 7.97. The molecule has 0 radical (unpaired) electrons. The first-order valence-electron chi connectivity index (χ1n) is 7.97. The zero-order chi connectivity index (χ0) is 17.9. The minimum atomic E-state index is -0.197. The minimum Gasteiger partial charge on any atom is -0.348 e. The number of rotatable bonds is 5. The van der Waals surface area contributed by atoms with Gasteiger partial charge in [0.25, 0.3) is 0 Å². The lowest BCUT2D eigenvalue weighted by Crippen LogP contribution is -2.31. The van der Waals surface area contributed by atoms with Crippen LogP contribution in [-0.4, -0.2) is 49.2 Å². The molecule has 4 aromatic rings. The number of fused-ring (bicyclic) bond motifs is 1. The van der Waals surface area contributed by atoms with Crippen molar-refractivity contribution in [2.24, 2.45) is 0 Å². The van der Waals surface area contributed by atoms with Gasteiger partial charge in [-0.15, -0.1) is 0 Å². The van der Waals surface area contributed by atoms with Crippen LogP contribution >= 0.6 is 0 Å². The van der Waals surface area contributed by atoms with E-state index >= 15 is 0 Å². The number of amides is 1. The van der Waals surface area contributed by atoms with Gasteiger partial charge in [-0.2, -0.15) is 5.10 Å². The number of hydrogen-bond donors (Lipinski definition) is 2. The molecule has 0 spiro atoms. The number of nitrogens with zero attached hydrogens (tertiary/aromatic N) is 6. The second kappa shape index (κ2) is 6.63. The maximum Gasteiger partial charge on any atom is 0.245 e. The molecule has 1 amide bonds. The number of anilines is 2. The van der Waals surface area contributed by atoms with E-state index in [0.29, 0.717) is 22.8 Å². The van der Waals surface area contributed by atoms with E-state index in [-0.39, 0.29) is 12.5 Å². The summed E-state index contributed by atoms with van der Waals surface area (Å²) in [6.45, 7) is 0.114. The summed E-state index contributed by atoms with van der Waals surface area (Å²) in [6.07, 6.45) is 4.77. The molecule has 4 rings (SSSR count). The summed E-state index contributed by atoms with van der Waals surface area (Å²) in [4.78, 5) is 29.5. The third-order valence-corrected chi connectivity index (χ3v) is 3.82. The molecule has 0 aliphatic rings. The van der Waals surface area contributed by atoms with Gasteiger partial charge in [0.2, 0.25) is 5.91 Å². The highest BCUT2D eigenvalue weighted by Crippen LogP contribution is 2.18. The van der Waals surface area contributed by atoms with E-state index < -0.39 is 0 Å². The van der Waals surface area contributed by atoms with E-state index in [1.165, 1.54) is 6.33 Å². The largest absolute Gasteiger partial charge is 0.348 e. The number of para-hydroxylation sites is 1. The Labute approximate surface area is 148 Å². The van der Waals surface area contributed by atoms with Crippen molar-refractivity contribution in [1.82, 2.24) is 29.7 Å². The average Bonchev–Trinajstić information content (AvgIpc) is 3.31.